The second-order valence-corrected chi connectivity index (χ2v) is 8.81. The van der Waals surface area contributed by atoms with Gasteiger partial charge >= 0.3 is 6.09 Å². The van der Waals surface area contributed by atoms with Crippen molar-refractivity contribution in [2.45, 2.75) is 32.7 Å². The zero-order chi connectivity index (χ0) is 24.6. The van der Waals surface area contributed by atoms with Gasteiger partial charge in [-0.2, -0.15) is 0 Å². The van der Waals surface area contributed by atoms with Gasteiger partial charge in [0.15, 0.2) is 0 Å². The molecule has 0 unspecified atom stereocenters. The quantitative estimate of drug-likeness (QED) is 0.396. The fraction of sp³-hybridized carbons (Fsp3) is 0.346. The molecule has 3 aromatic rings. The van der Waals surface area contributed by atoms with Crippen LogP contribution in [0, 0.1) is 0 Å². The number of rotatable bonds is 10. The van der Waals surface area contributed by atoms with E-state index in [-0.39, 0.29) is 0 Å². The lowest BCUT2D eigenvalue weighted by molar-refractivity contribution is 0.101. The Morgan fingerprint density at radius 3 is 2.59 bits per heavy atom. The van der Waals surface area contributed by atoms with Crippen LogP contribution in [0.15, 0.2) is 60.8 Å². The molecular weight excluding hydrogens is 432 g/mol. The standard InChI is InChI=1S/C26H32N4O4/c1-26(2,3)30(25(31)32)14-12-19-7-5-8-20(17-19)22-9-6-10-23(28-22)29-24-18-21(11-13-27-24)34-16-15-33-4/h5-11,13,17-18H,12,14-16H2,1-4H3,(H,31,32)(H,27,28,29). The SMILES string of the molecule is COCCOc1ccnc(Nc2cccc(-c3cccc(CCN(C(=O)O)C(C)(C)C)c3)n2)c1. The summed E-state index contributed by atoms with van der Waals surface area (Å²) in [5.41, 5.74) is 2.37. The topological polar surface area (TPSA) is 96.8 Å². The Morgan fingerprint density at radius 1 is 1.06 bits per heavy atom. The van der Waals surface area contributed by atoms with Crippen molar-refractivity contribution in [1.29, 1.82) is 0 Å². The molecule has 8 nitrogen and oxygen atoms in total. The summed E-state index contributed by atoms with van der Waals surface area (Å²) in [6, 6.07) is 17.4. The molecule has 2 aromatic heterocycles. The molecule has 0 fully saturated rings. The summed E-state index contributed by atoms with van der Waals surface area (Å²) in [7, 11) is 1.63. The number of carbonyl (C=O) groups is 1. The van der Waals surface area contributed by atoms with Crippen molar-refractivity contribution in [3.05, 3.63) is 66.4 Å². The van der Waals surface area contributed by atoms with Gasteiger partial charge in [0.25, 0.3) is 0 Å². The molecule has 2 heterocycles. The summed E-state index contributed by atoms with van der Waals surface area (Å²) < 4.78 is 10.7. The summed E-state index contributed by atoms with van der Waals surface area (Å²) in [4.78, 5) is 22.2. The highest BCUT2D eigenvalue weighted by Gasteiger charge is 2.25. The number of aromatic nitrogens is 2. The van der Waals surface area contributed by atoms with E-state index >= 15 is 0 Å². The van der Waals surface area contributed by atoms with Gasteiger partial charge in [-0.25, -0.2) is 14.8 Å². The van der Waals surface area contributed by atoms with E-state index < -0.39 is 11.6 Å². The lowest BCUT2D eigenvalue weighted by Crippen LogP contribution is -2.45. The van der Waals surface area contributed by atoms with E-state index in [9.17, 15) is 9.90 Å². The summed E-state index contributed by atoms with van der Waals surface area (Å²) in [6.45, 7) is 7.09. The van der Waals surface area contributed by atoms with E-state index in [4.69, 9.17) is 14.5 Å². The molecule has 0 aliphatic heterocycles. The lowest BCUT2D eigenvalue weighted by Gasteiger charge is -2.33. The number of nitrogens with zero attached hydrogens (tertiary/aromatic N) is 3. The zero-order valence-corrected chi connectivity index (χ0v) is 20.1. The lowest BCUT2D eigenvalue weighted by atomic mass is 10.0. The number of methoxy groups -OCH3 is 1. The van der Waals surface area contributed by atoms with Gasteiger partial charge in [0.1, 0.15) is 24.0 Å². The van der Waals surface area contributed by atoms with Crippen molar-refractivity contribution in [2.75, 3.05) is 32.2 Å². The molecule has 8 heteroatoms. The van der Waals surface area contributed by atoms with Crippen LogP contribution in [0.2, 0.25) is 0 Å². The molecule has 0 atom stereocenters. The first-order valence-corrected chi connectivity index (χ1v) is 11.2. The first kappa shape index (κ1) is 25.0. The fourth-order valence-corrected chi connectivity index (χ4v) is 3.45. The van der Waals surface area contributed by atoms with Gasteiger partial charge in [-0.05, 0) is 57.0 Å². The Morgan fingerprint density at radius 2 is 1.85 bits per heavy atom. The number of anilines is 2. The van der Waals surface area contributed by atoms with Crippen molar-refractivity contribution < 1.29 is 19.4 Å². The molecule has 0 bridgehead atoms. The summed E-state index contributed by atoms with van der Waals surface area (Å²) >= 11 is 0. The van der Waals surface area contributed by atoms with Crippen LogP contribution < -0.4 is 10.1 Å². The van der Waals surface area contributed by atoms with Crippen LogP contribution >= 0.6 is 0 Å². The number of hydrogen-bond acceptors (Lipinski definition) is 6. The number of pyridine rings is 2. The van der Waals surface area contributed by atoms with Crippen LogP contribution in [0.1, 0.15) is 26.3 Å². The molecule has 1 aromatic carbocycles. The third kappa shape index (κ3) is 7.18. The van der Waals surface area contributed by atoms with Crippen LogP contribution in [0.25, 0.3) is 11.3 Å². The van der Waals surface area contributed by atoms with Crippen LogP contribution in [0.5, 0.6) is 5.75 Å². The van der Waals surface area contributed by atoms with Gasteiger partial charge in [-0.15, -0.1) is 0 Å². The third-order valence-corrected chi connectivity index (χ3v) is 5.18. The van der Waals surface area contributed by atoms with Crippen molar-refractivity contribution in [3.63, 3.8) is 0 Å². The Bertz CT molecular complexity index is 1100. The van der Waals surface area contributed by atoms with E-state index in [1.807, 2.05) is 63.2 Å². The molecule has 0 spiro atoms. The van der Waals surface area contributed by atoms with E-state index in [0.717, 1.165) is 16.8 Å². The molecule has 34 heavy (non-hydrogen) atoms. The van der Waals surface area contributed by atoms with Crippen LogP contribution in [0.3, 0.4) is 0 Å². The smallest absolute Gasteiger partial charge is 0.407 e. The molecule has 2 N–H and O–H groups in total. The number of ether oxygens (including phenoxy) is 2. The van der Waals surface area contributed by atoms with Gasteiger partial charge in [0.05, 0.1) is 12.3 Å². The van der Waals surface area contributed by atoms with Gasteiger partial charge in [0.2, 0.25) is 0 Å². The normalized spacial score (nSPS) is 11.2. The van der Waals surface area contributed by atoms with Crippen LogP contribution in [-0.2, 0) is 11.2 Å². The molecule has 0 aliphatic rings. The first-order chi connectivity index (χ1) is 16.3. The molecule has 180 valence electrons. The molecule has 0 radical (unpaired) electrons. The predicted octanol–water partition coefficient (Wildman–Crippen LogP) is 5.23. The Balaban J connectivity index is 1.71. The highest BCUT2D eigenvalue weighted by molar-refractivity contribution is 5.66. The van der Waals surface area contributed by atoms with E-state index in [1.165, 1.54) is 4.90 Å². The second-order valence-electron chi connectivity index (χ2n) is 8.81. The zero-order valence-electron chi connectivity index (χ0n) is 20.1. The highest BCUT2D eigenvalue weighted by atomic mass is 16.5. The summed E-state index contributed by atoms with van der Waals surface area (Å²) in [5, 5.41) is 12.8. The van der Waals surface area contributed by atoms with E-state index in [0.29, 0.717) is 43.6 Å². The van der Waals surface area contributed by atoms with Crippen LogP contribution in [0.4, 0.5) is 16.4 Å². The van der Waals surface area contributed by atoms with Gasteiger partial charge in [-0.3, -0.25) is 0 Å². The highest BCUT2D eigenvalue weighted by Crippen LogP contribution is 2.23. The number of benzene rings is 1. The maximum Gasteiger partial charge on any atom is 0.407 e. The summed E-state index contributed by atoms with van der Waals surface area (Å²) in [5.74, 6) is 1.99. The Labute approximate surface area is 200 Å². The molecule has 0 saturated heterocycles. The number of amides is 1. The van der Waals surface area contributed by atoms with Crippen molar-refractivity contribution in [1.82, 2.24) is 14.9 Å². The monoisotopic (exact) mass is 464 g/mol. The third-order valence-electron chi connectivity index (χ3n) is 5.18. The molecule has 3 rings (SSSR count). The van der Waals surface area contributed by atoms with E-state index in [2.05, 4.69) is 16.4 Å². The predicted molar refractivity (Wildman–Crippen MR) is 133 cm³/mol. The summed E-state index contributed by atoms with van der Waals surface area (Å²) in [6.07, 6.45) is 1.39. The van der Waals surface area contributed by atoms with Gasteiger partial charge in [-0.1, -0.05) is 24.3 Å². The molecular formula is C26H32N4O4. The average Bonchev–Trinajstić information content (AvgIpc) is 2.79. The molecule has 0 aliphatic carbocycles. The number of nitrogens with one attached hydrogen (secondary N) is 1. The second kappa shape index (κ2) is 11.5. The number of hydrogen-bond donors (Lipinski definition) is 2. The molecule has 1 amide bonds. The minimum Gasteiger partial charge on any atom is -0.491 e. The van der Waals surface area contributed by atoms with Crippen molar-refractivity contribution >= 4 is 17.7 Å². The average molecular weight is 465 g/mol. The minimum atomic E-state index is -0.911. The van der Waals surface area contributed by atoms with Crippen LogP contribution in [-0.4, -0.2) is 58.5 Å². The van der Waals surface area contributed by atoms with E-state index in [1.54, 1.807) is 19.4 Å². The maximum absolute atomic E-state index is 11.6. The van der Waals surface area contributed by atoms with Crippen molar-refractivity contribution in [2.24, 2.45) is 0 Å². The Kier molecular flexibility index (Phi) is 8.43. The molecule has 0 saturated carbocycles. The minimum absolute atomic E-state index is 0.422. The largest absolute Gasteiger partial charge is 0.491 e. The maximum atomic E-state index is 11.6. The Hall–Kier alpha value is -3.65. The first-order valence-electron chi connectivity index (χ1n) is 11.2. The van der Waals surface area contributed by atoms with Gasteiger partial charge in [0, 0.05) is 37.0 Å². The fourth-order valence-electron chi connectivity index (χ4n) is 3.45. The van der Waals surface area contributed by atoms with Crippen molar-refractivity contribution in [3.8, 4) is 17.0 Å². The number of carboxylic acid groups (broad SMARTS) is 1. The van der Waals surface area contributed by atoms with Gasteiger partial charge < -0.3 is 24.8 Å².